The molecule has 0 amide bonds. The number of nitrogens with zero attached hydrogens (tertiary/aromatic N) is 5. The van der Waals surface area contributed by atoms with Gasteiger partial charge in [0.1, 0.15) is 11.3 Å². The Balaban J connectivity index is 1.69. The molecule has 0 fully saturated rings. The Morgan fingerprint density at radius 2 is 1.90 bits per heavy atom. The van der Waals surface area contributed by atoms with Gasteiger partial charge in [0, 0.05) is 18.1 Å². The first kappa shape index (κ1) is 18.5. The maximum absolute atomic E-state index is 10.5. The van der Waals surface area contributed by atoms with E-state index in [9.17, 15) is 5.11 Å². The number of pyridine rings is 1. The second-order valence-electron chi connectivity index (χ2n) is 6.75. The zero-order valence-corrected chi connectivity index (χ0v) is 16.1. The van der Waals surface area contributed by atoms with Crippen LogP contribution in [0.4, 0.5) is 5.82 Å². The molecule has 3 N–H and O–H groups in total. The Morgan fingerprint density at radius 3 is 2.66 bits per heavy atom. The Morgan fingerprint density at radius 1 is 1.07 bits per heavy atom. The number of nitrogens with two attached hydrogens (primary N) is 1. The maximum atomic E-state index is 10.5. The zero-order valence-electron chi connectivity index (χ0n) is 16.1. The maximum Gasteiger partial charge on any atom is 0.260 e. The van der Waals surface area contributed by atoms with Gasteiger partial charge in [-0.3, -0.25) is 0 Å². The van der Waals surface area contributed by atoms with E-state index in [0.29, 0.717) is 34.1 Å². The van der Waals surface area contributed by atoms with Crippen LogP contribution in [0.25, 0.3) is 22.3 Å². The Bertz CT molecular complexity index is 1280. The molecule has 3 heterocycles. The summed E-state index contributed by atoms with van der Waals surface area (Å²) in [6.45, 7) is 4.95. The van der Waals surface area contributed by atoms with Crippen molar-refractivity contribution in [2.45, 2.75) is 26.4 Å². The van der Waals surface area contributed by atoms with Crippen molar-refractivity contribution < 1.29 is 9.52 Å². The molecule has 0 bridgehead atoms. The number of hydrogen-bond donors (Lipinski definition) is 2. The molecule has 4 rings (SSSR count). The van der Waals surface area contributed by atoms with Crippen molar-refractivity contribution in [1.29, 1.82) is 0 Å². The standard InChI is InChI=1S/C21H18N6O2/c1-12-23-17-8-7-16(25-18(17)19(22)24-12)15-6-4-5-14(11-15)9-10-21(3,28)20-27-26-13(2)29-20/h4-8,11,28H,1-3H3,(H2,22,23,24). The van der Waals surface area contributed by atoms with Gasteiger partial charge in [0.25, 0.3) is 5.89 Å². The van der Waals surface area contributed by atoms with Crippen LogP contribution in [0.1, 0.15) is 30.1 Å². The van der Waals surface area contributed by atoms with E-state index < -0.39 is 5.60 Å². The predicted molar refractivity (Wildman–Crippen MR) is 107 cm³/mol. The van der Waals surface area contributed by atoms with Gasteiger partial charge < -0.3 is 15.3 Å². The number of hydrogen-bond acceptors (Lipinski definition) is 8. The summed E-state index contributed by atoms with van der Waals surface area (Å²) in [6.07, 6.45) is 0. The summed E-state index contributed by atoms with van der Waals surface area (Å²) in [6, 6.07) is 11.2. The molecule has 8 nitrogen and oxygen atoms in total. The normalized spacial score (nSPS) is 13.0. The van der Waals surface area contributed by atoms with Gasteiger partial charge in [-0.15, -0.1) is 10.2 Å². The molecule has 0 radical (unpaired) electrons. The van der Waals surface area contributed by atoms with Gasteiger partial charge in [-0.1, -0.05) is 24.0 Å². The van der Waals surface area contributed by atoms with Crippen LogP contribution in [0.3, 0.4) is 0 Å². The lowest BCUT2D eigenvalue weighted by Gasteiger charge is -2.10. The Kier molecular flexibility index (Phi) is 4.45. The number of nitrogen functional groups attached to an aromatic ring is 1. The monoisotopic (exact) mass is 386 g/mol. The van der Waals surface area contributed by atoms with Crippen molar-refractivity contribution in [3.05, 3.63) is 59.6 Å². The van der Waals surface area contributed by atoms with Gasteiger partial charge >= 0.3 is 0 Å². The second kappa shape index (κ2) is 6.96. The highest BCUT2D eigenvalue weighted by molar-refractivity contribution is 5.86. The van der Waals surface area contributed by atoms with E-state index in [-0.39, 0.29) is 5.89 Å². The van der Waals surface area contributed by atoms with Crippen LogP contribution in [0.5, 0.6) is 0 Å². The summed E-state index contributed by atoms with van der Waals surface area (Å²) in [5.74, 6) is 7.10. The quantitative estimate of drug-likeness (QED) is 0.504. The lowest BCUT2D eigenvalue weighted by Crippen LogP contribution is -2.19. The van der Waals surface area contributed by atoms with Crippen LogP contribution in [-0.2, 0) is 5.60 Å². The SMILES string of the molecule is Cc1nc(N)c2nc(-c3cccc(C#CC(C)(O)c4nnc(C)o4)c3)ccc2n1. The first-order chi connectivity index (χ1) is 13.8. The average Bonchev–Trinajstić information content (AvgIpc) is 3.14. The molecular weight excluding hydrogens is 368 g/mol. The summed E-state index contributed by atoms with van der Waals surface area (Å²) in [7, 11) is 0. The largest absolute Gasteiger partial charge is 0.421 e. The molecule has 0 aliphatic carbocycles. The second-order valence-corrected chi connectivity index (χ2v) is 6.75. The average molecular weight is 386 g/mol. The van der Waals surface area contributed by atoms with Crippen molar-refractivity contribution in [2.75, 3.05) is 5.73 Å². The predicted octanol–water partition coefficient (Wildman–Crippen LogP) is 2.53. The fourth-order valence-electron chi connectivity index (χ4n) is 2.81. The van der Waals surface area contributed by atoms with E-state index in [2.05, 4.69) is 37.0 Å². The van der Waals surface area contributed by atoms with Crippen molar-refractivity contribution in [3.8, 4) is 23.1 Å². The minimum atomic E-state index is -1.55. The van der Waals surface area contributed by atoms with E-state index in [4.69, 9.17) is 10.2 Å². The third-order valence-electron chi connectivity index (χ3n) is 4.23. The van der Waals surface area contributed by atoms with Crippen LogP contribution in [0.2, 0.25) is 0 Å². The van der Waals surface area contributed by atoms with E-state index in [1.54, 1.807) is 13.8 Å². The molecule has 144 valence electrons. The van der Waals surface area contributed by atoms with Crippen LogP contribution in [0.15, 0.2) is 40.8 Å². The molecule has 0 aliphatic heterocycles. The smallest absolute Gasteiger partial charge is 0.260 e. The van der Waals surface area contributed by atoms with Gasteiger partial charge in [-0.2, -0.15) is 0 Å². The fraction of sp³-hybridized carbons (Fsp3) is 0.190. The third kappa shape index (κ3) is 3.77. The first-order valence-corrected chi connectivity index (χ1v) is 8.89. The highest BCUT2D eigenvalue weighted by atomic mass is 16.4. The summed E-state index contributed by atoms with van der Waals surface area (Å²) >= 11 is 0. The molecule has 0 aliphatic rings. The highest BCUT2D eigenvalue weighted by Crippen LogP contribution is 2.24. The number of benzene rings is 1. The minimum Gasteiger partial charge on any atom is -0.421 e. The topological polar surface area (TPSA) is 124 Å². The lowest BCUT2D eigenvalue weighted by atomic mass is 10.0. The third-order valence-corrected chi connectivity index (χ3v) is 4.23. The van der Waals surface area contributed by atoms with Crippen molar-refractivity contribution in [3.63, 3.8) is 0 Å². The summed E-state index contributed by atoms with van der Waals surface area (Å²) in [4.78, 5) is 13.1. The molecule has 4 aromatic rings. The van der Waals surface area contributed by atoms with E-state index in [1.807, 2.05) is 36.4 Å². The fourth-order valence-corrected chi connectivity index (χ4v) is 2.81. The van der Waals surface area contributed by atoms with Crippen molar-refractivity contribution >= 4 is 16.9 Å². The number of anilines is 1. The van der Waals surface area contributed by atoms with Crippen molar-refractivity contribution in [1.82, 2.24) is 25.1 Å². The summed E-state index contributed by atoms with van der Waals surface area (Å²) in [5, 5.41) is 18.1. The molecule has 0 saturated heterocycles. The first-order valence-electron chi connectivity index (χ1n) is 8.89. The summed E-state index contributed by atoms with van der Waals surface area (Å²) < 4.78 is 5.28. The van der Waals surface area contributed by atoms with Crippen LogP contribution < -0.4 is 5.73 Å². The molecule has 1 unspecified atom stereocenters. The lowest BCUT2D eigenvalue weighted by molar-refractivity contribution is 0.0881. The number of aryl methyl sites for hydroxylation is 2. The van der Waals surface area contributed by atoms with E-state index in [1.165, 1.54) is 6.92 Å². The van der Waals surface area contributed by atoms with Gasteiger partial charge in [0.05, 0.1) is 11.2 Å². The van der Waals surface area contributed by atoms with Gasteiger partial charge in [-0.25, -0.2) is 15.0 Å². The van der Waals surface area contributed by atoms with Gasteiger partial charge in [0.2, 0.25) is 11.5 Å². The molecular formula is C21H18N6O2. The highest BCUT2D eigenvalue weighted by Gasteiger charge is 2.27. The Labute approximate surface area is 166 Å². The summed E-state index contributed by atoms with van der Waals surface area (Å²) in [5.41, 5.74) is 7.98. The van der Waals surface area contributed by atoms with Crippen LogP contribution >= 0.6 is 0 Å². The zero-order chi connectivity index (χ0) is 20.6. The number of fused-ring (bicyclic) bond motifs is 1. The van der Waals surface area contributed by atoms with Crippen LogP contribution in [-0.4, -0.2) is 30.3 Å². The van der Waals surface area contributed by atoms with Gasteiger partial charge in [0.15, 0.2) is 5.82 Å². The number of aliphatic hydroxyl groups is 1. The molecule has 0 spiro atoms. The Hall–Kier alpha value is -3.83. The molecule has 29 heavy (non-hydrogen) atoms. The number of rotatable bonds is 2. The van der Waals surface area contributed by atoms with E-state index >= 15 is 0 Å². The van der Waals surface area contributed by atoms with Crippen molar-refractivity contribution in [2.24, 2.45) is 0 Å². The number of aromatic nitrogens is 5. The van der Waals surface area contributed by atoms with Crippen LogP contribution in [0, 0.1) is 25.7 Å². The molecule has 8 heteroatoms. The molecule has 0 saturated carbocycles. The van der Waals surface area contributed by atoms with Gasteiger partial charge in [-0.05, 0) is 38.1 Å². The molecule has 3 aromatic heterocycles. The molecule has 1 atom stereocenters. The van der Waals surface area contributed by atoms with E-state index in [0.717, 1.165) is 11.3 Å². The minimum absolute atomic E-state index is 0.0561. The molecule has 1 aromatic carbocycles.